The number of hydrogen-bond donors (Lipinski definition) is 0. The third kappa shape index (κ3) is 3.98. The molecule has 6 rings (SSSR count). The zero-order chi connectivity index (χ0) is 25.7. The molecule has 1 heterocycles. The maximum atomic E-state index is 15.3. The van der Waals surface area contributed by atoms with Crippen molar-refractivity contribution in [2.24, 2.45) is 0 Å². The van der Waals surface area contributed by atoms with E-state index < -0.39 is 13.3 Å². The zero-order valence-corrected chi connectivity index (χ0v) is 23.1. The zero-order valence-electron chi connectivity index (χ0n) is 21.0. The van der Waals surface area contributed by atoms with Crippen LogP contribution in [0.4, 0.5) is 4.39 Å². The molecule has 0 aliphatic rings. The van der Waals surface area contributed by atoms with Crippen LogP contribution >= 0.6 is 0 Å². The first-order valence-electron chi connectivity index (χ1n) is 12.4. The number of fused-ring (bicyclic) bond motifs is 4. The molecule has 5 aromatic carbocycles. The van der Waals surface area contributed by atoms with Gasteiger partial charge in [-0.15, -0.1) is 0 Å². The standard InChI is InChI=1S/C33H25FGeN2/c1-35(2,3)25-10-8-21(9-11-25)32-29-12-13-30-28(27(29)14-15-31(32)34)16-17-37-33(30)23-18-22-6-4-5-7-26(22)24(19-23)20-36/h4-19H,1-3H3. The normalized spacial score (nSPS) is 11.8. The summed E-state index contributed by atoms with van der Waals surface area (Å²) >= 11 is -1.96. The van der Waals surface area contributed by atoms with Gasteiger partial charge in [0.1, 0.15) is 0 Å². The first-order chi connectivity index (χ1) is 17.8. The molecule has 0 saturated heterocycles. The third-order valence-corrected chi connectivity index (χ3v) is 11.5. The fourth-order valence-corrected chi connectivity index (χ4v) is 7.69. The molecule has 0 fully saturated rings. The summed E-state index contributed by atoms with van der Waals surface area (Å²) < 4.78 is 16.7. The molecule has 6 aromatic rings. The number of hydrogen-bond acceptors (Lipinski definition) is 2. The second-order valence-electron chi connectivity index (χ2n) is 10.5. The van der Waals surface area contributed by atoms with Gasteiger partial charge in [0, 0.05) is 0 Å². The third-order valence-electron chi connectivity index (χ3n) is 7.19. The molecule has 0 saturated carbocycles. The summed E-state index contributed by atoms with van der Waals surface area (Å²) in [6.07, 6.45) is 1.80. The van der Waals surface area contributed by atoms with Crippen LogP contribution in [0.1, 0.15) is 5.56 Å². The van der Waals surface area contributed by atoms with Crippen LogP contribution in [0, 0.1) is 17.1 Å². The van der Waals surface area contributed by atoms with E-state index in [0.717, 1.165) is 49.1 Å². The Hall–Kier alpha value is -4.01. The van der Waals surface area contributed by atoms with Gasteiger partial charge in [0.2, 0.25) is 0 Å². The van der Waals surface area contributed by atoms with Gasteiger partial charge < -0.3 is 0 Å². The molecule has 0 radical (unpaired) electrons. The average Bonchev–Trinajstić information content (AvgIpc) is 2.91. The Balaban J connectivity index is 1.57. The number of halogens is 1. The van der Waals surface area contributed by atoms with E-state index in [0.29, 0.717) is 11.1 Å². The second-order valence-corrected chi connectivity index (χ2v) is 21.2. The van der Waals surface area contributed by atoms with Crippen LogP contribution in [-0.2, 0) is 0 Å². The van der Waals surface area contributed by atoms with Crippen molar-refractivity contribution in [1.82, 2.24) is 4.98 Å². The number of nitrogens with zero attached hydrogens (tertiary/aromatic N) is 2. The van der Waals surface area contributed by atoms with Gasteiger partial charge in [0.05, 0.1) is 11.6 Å². The van der Waals surface area contributed by atoms with Crippen molar-refractivity contribution in [3.05, 3.63) is 109 Å². The molecule has 0 amide bonds. The number of benzene rings is 5. The van der Waals surface area contributed by atoms with E-state index in [1.54, 1.807) is 12.3 Å². The summed E-state index contributed by atoms with van der Waals surface area (Å²) in [5.41, 5.74) is 3.85. The molecule has 0 atom stereocenters. The molecule has 1 aromatic heterocycles. The van der Waals surface area contributed by atoms with Crippen LogP contribution in [0.3, 0.4) is 0 Å². The fraction of sp³-hybridized carbons (Fsp3) is 0.0909. The fourth-order valence-electron chi connectivity index (χ4n) is 5.24. The molecular weight excluding hydrogens is 516 g/mol. The Labute approximate surface area is 218 Å². The Morgan fingerprint density at radius 1 is 0.703 bits per heavy atom. The van der Waals surface area contributed by atoms with Crippen LogP contribution in [0.5, 0.6) is 0 Å². The summed E-state index contributed by atoms with van der Waals surface area (Å²) in [6.45, 7) is 0. The monoisotopic (exact) mass is 542 g/mol. The molecule has 0 bridgehead atoms. The Bertz CT molecular complexity index is 1880. The van der Waals surface area contributed by atoms with Gasteiger partial charge in [-0.05, 0) is 10.8 Å². The van der Waals surface area contributed by atoms with E-state index >= 15 is 4.39 Å². The van der Waals surface area contributed by atoms with Crippen molar-refractivity contribution in [3.63, 3.8) is 0 Å². The summed E-state index contributed by atoms with van der Waals surface area (Å²) in [5, 5.41) is 15.6. The van der Waals surface area contributed by atoms with E-state index in [1.807, 2.05) is 54.6 Å². The van der Waals surface area contributed by atoms with E-state index in [2.05, 4.69) is 53.7 Å². The quantitative estimate of drug-likeness (QED) is 0.167. The van der Waals surface area contributed by atoms with Crippen LogP contribution < -0.4 is 4.40 Å². The maximum absolute atomic E-state index is 15.3. The van der Waals surface area contributed by atoms with Gasteiger partial charge in [0.25, 0.3) is 0 Å². The summed E-state index contributed by atoms with van der Waals surface area (Å²) in [7, 11) is 0. The van der Waals surface area contributed by atoms with Crippen molar-refractivity contribution < 1.29 is 4.39 Å². The Morgan fingerprint density at radius 2 is 1.41 bits per heavy atom. The molecule has 4 heteroatoms. The van der Waals surface area contributed by atoms with Crippen LogP contribution in [-0.4, -0.2) is 18.3 Å². The number of aromatic nitrogens is 1. The molecule has 0 aliphatic carbocycles. The summed E-state index contributed by atoms with van der Waals surface area (Å²) in [4.78, 5) is 4.72. The number of pyridine rings is 1. The molecule has 2 nitrogen and oxygen atoms in total. The second kappa shape index (κ2) is 8.83. The van der Waals surface area contributed by atoms with Crippen molar-refractivity contribution >= 4 is 50.0 Å². The van der Waals surface area contributed by atoms with Gasteiger partial charge >= 0.3 is 167 Å². The molecule has 0 unspecified atom stereocenters. The van der Waals surface area contributed by atoms with E-state index in [9.17, 15) is 5.26 Å². The van der Waals surface area contributed by atoms with Crippen LogP contribution in [0.15, 0.2) is 97.2 Å². The average molecular weight is 541 g/mol. The van der Waals surface area contributed by atoms with Gasteiger partial charge in [-0.25, -0.2) is 0 Å². The molecule has 178 valence electrons. The molecular formula is C33H25FGeN2. The topological polar surface area (TPSA) is 36.7 Å². The van der Waals surface area contributed by atoms with Crippen molar-refractivity contribution in [3.8, 4) is 28.5 Å². The van der Waals surface area contributed by atoms with Crippen molar-refractivity contribution in [1.29, 1.82) is 5.26 Å². The van der Waals surface area contributed by atoms with Gasteiger partial charge in [-0.1, -0.05) is 24.3 Å². The number of nitriles is 1. The minimum atomic E-state index is -1.96. The van der Waals surface area contributed by atoms with Crippen molar-refractivity contribution in [2.45, 2.75) is 17.3 Å². The summed E-state index contributed by atoms with van der Waals surface area (Å²) in [6, 6.07) is 32.1. The molecule has 0 aliphatic heterocycles. The molecule has 37 heavy (non-hydrogen) atoms. The first-order valence-corrected chi connectivity index (χ1v) is 19.7. The van der Waals surface area contributed by atoms with Crippen LogP contribution in [0.2, 0.25) is 17.3 Å². The molecule has 0 N–H and O–H groups in total. The van der Waals surface area contributed by atoms with Gasteiger partial charge in [-0.3, -0.25) is 0 Å². The predicted molar refractivity (Wildman–Crippen MR) is 155 cm³/mol. The van der Waals surface area contributed by atoms with Crippen molar-refractivity contribution in [2.75, 3.05) is 0 Å². The predicted octanol–water partition coefficient (Wildman–Crippen LogP) is 8.43. The van der Waals surface area contributed by atoms with Crippen LogP contribution in [0.25, 0.3) is 54.7 Å². The Kier molecular flexibility index (Phi) is 5.58. The minimum absolute atomic E-state index is 0.223. The van der Waals surface area contributed by atoms with E-state index in [-0.39, 0.29) is 5.82 Å². The molecule has 0 spiro atoms. The summed E-state index contributed by atoms with van der Waals surface area (Å²) in [5.74, 6) is 6.86. The van der Waals surface area contributed by atoms with Gasteiger partial charge in [-0.2, -0.15) is 5.26 Å². The van der Waals surface area contributed by atoms with E-state index in [4.69, 9.17) is 4.98 Å². The van der Waals surface area contributed by atoms with E-state index in [1.165, 1.54) is 4.40 Å². The Morgan fingerprint density at radius 3 is 2.16 bits per heavy atom. The SMILES string of the molecule is [CH3][Ge]([CH3])([CH3])[c]1ccc(-c2c(F)ccc3c2ccc2c(-c4cc(C#N)c5ccccc5c4)nccc23)cc1. The number of rotatable bonds is 3. The van der Waals surface area contributed by atoms with Gasteiger partial charge in [0.15, 0.2) is 0 Å². The first kappa shape index (κ1) is 23.4.